The van der Waals surface area contributed by atoms with Crippen molar-refractivity contribution in [3.63, 3.8) is 0 Å². The van der Waals surface area contributed by atoms with Crippen molar-refractivity contribution < 1.29 is 14.0 Å². The van der Waals surface area contributed by atoms with E-state index in [9.17, 15) is 0 Å². The van der Waals surface area contributed by atoms with Gasteiger partial charge in [0.25, 0.3) is 0 Å². The summed E-state index contributed by atoms with van der Waals surface area (Å²) in [4.78, 5) is 4.55. The molecule has 3 heterocycles. The lowest BCUT2D eigenvalue weighted by atomic mass is 9.80. The number of hydrogen-bond donors (Lipinski definition) is 1. The van der Waals surface area contributed by atoms with Gasteiger partial charge in [0.15, 0.2) is 0 Å². The highest BCUT2D eigenvalue weighted by molar-refractivity contribution is 7.99. The molecule has 2 aliphatic heterocycles. The van der Waals surface area contributed by atoms with Crippen molar-refractivity contribution in [3.05, 3.63) is 11.7 Å². The molecule has 2 fully saturated rings. The summed E-state index contributed by atoms with van der Waals surface area (Å²) >= 11 is 1.86. The third-order valence-electron chi connectivity index (χ3n) is 3.84. The number of aromatic nitrogens is 2. The van der Waals surface area contributed by atoms with Gasteiger partial charge in [0.1, 0.15) is 6.10 Å². The molecule has 0 bridgehead atoms. The van der Waals surface area contributed by atoms with Gasteiger partial charge in [0, 0.05) is 31.3 Å². The normalized spacial score (nSPS) is 27.3. The van der Waals surface area contributed by atoms with Gasteiger partial charge in [0.05, 0.1) is 12.0 Å². The zero-order valence-electron chi connectivity index (χ0n) is 10.8. The van der Waals surface area contributed by atoms with Crippen LogP contribution in [0.25, 0.3) is 0 Å². The summed E-state index contributed by atoms with van der Waals surface area (Å²) in [5.41, 5.74) is 5.72. The molecule has 0 spiro atoms. The van der Waals surface area contributed by atoms with E-state index >= 15 is 0 Å². The van der Waals surface area contributed by atoms with Crippen LogP contribution in [0, 0.1) is 0 Å². The van der Waals surface area contributed by atoms with Crippen molar-refractivity contribution >= 4 is 11.8 Å². The molecule has 1 aromatic heterocycles. The van der Waals surface area contributed by atoms with Gasteiger partial charge in [-0.2, -0.15) is 16.7 Å². The molecule has 6 nitrogen and oxygen atoms in total. The molecule has 1 unspecified atom stereocenters. The van der Waals surface area contributed by atoms with Crippen LogP contribution >= 0.6 is 11.8 Å². The second-order valence-corrected chi connectivity index (χ2v) is 6.14. The summed E-state index contributed by atoms with van der Waals surface area (Å²) < 4.78 is 16.5. The van der Waals surface area contributed by atoms with Gasteiger partial charge in [-0.25, -0.2) is 0 Å². The first-order valence-electron chi connectivity index (χ1n) is 6.65. The van der Waals surface area contributed by atoms with Crippen molar-refractivity contribution in [3.8, 4) is 0 Å². The zero-order chi connectivity index (χ0) is 13.1. The number of rotatable bonds is 3. The molecule has 7 heteroatoms. The summed E-state index contributed by atoms with van der Waals surface area (Å²) in [5, 5.41) is 4.09. The Morgan fingerprint density at radius 2 is 2.16 bits per heavy atom. The third-order valence-corrected chi connectivity index (χ3v) is 4.83. The fraction of sp³-hybridized carbons (Fsp3) is 0.833. The Hall–Kier alpha value is -0.630. The van der Waals surface area contributed by atoms with Crippen molar-refractivity contribution in [2.45, 2.75) is 24.4 Å². The van der Waals surface area contributed by atoms with Crippen molar-refractivity contribution in [2.75, 3.05) is 37.9 Å². The molecule has 2 N–H and O–H groups in total. The van der Waals surface area contributed by atoms with Gasteiger partial charge in [-0.05, 0) is 12.8 Å². The molecule has 106 valence electrons. The van der Waals surface area contributed by atoms with Crippen LogP contribution in [0.1, 0.15) is 30.7 Å². The molecule has 0 amide bonds. The van der Waals surface area contributed by atoms with E-state index in [4.69, 9.17) is 19.7 Å². The van der Waals surface area contributed by atoms with E-state index in [1.807, 2.05) is 11.8 Å². The van der Waals surface area contributed by atoms with Gasteiger partial charge in [-0.3, -0.25) is 0 Å². The van der Waals surface area contributed by atoms with Crippen molar-refractivity contribution in [1.29, 1.82) is 0 Å². The quantitative estimate of drug-likeness (QED) is 0.882. The van der Waals surface area contributed by atoms with E-state index in [0.29, 0.717) is 31.5 Å². The Labute approximate surface area is 116 Å². The SMILES string of the molecule is NCC1(c2nc(C3CSCCO3)no2)CCOCC1. The molecule has 0 aromatic carbocycles. The minimum atomic E-state index is -0.217. The van der Waals surface area contributed by atoms with Crippen LogP contribution in [-0.4, -0.2) is 48.0 Å². The molecule has 0 aliphatic carbocycles. The van der Waals surface area contributed by atoms with Gasteiger partial charge in [-0.1, -0.05) is 5.16 Å². The molecule has 1 atom stereocenters. The monoisotopic (exact) mass is 285 g/mol. The molecular formula is C12H19N3O3S. The second kappa shape index (κ2) is 5.78. The first-order chi connectivity index (χ1) is 9.34. The van der Waals surface area contributed by atoms with E-state index < -0.39 is 0 Å². The Morgan fingerprint density at radius 3 is 2.84 bits per heavy atom. The van der Waals surface area contributed by atoms with Crippen molar-refractivity contribution in [2.24, 2.45) is 5.73 Å². The van der Waals surface area contributed by atoms with Gasteiger partial charge in [-0.15, -0.1) is 0 Å². The van der Waals surface area contributed by atoms with Crippen LogP contribution in [0.4, 0.5) is 0 Å². The smallest absolute Gasteiger partial charge is 0.234 e. The maximum Gasteiger partial charge on any atom is 0.234 e. The summed E-state index contributed by atoms with van der Waals surface area (Å²) in [7, 11) is 0. The summed E-state index contributed by atoms with van der Waals surface area (Å²) in [6.07, 6.45) is 1.63. The molecule has 19 heavy (non-hydrogen) atoms. The maximum absolute atomic E-state index is 5.94. The fourth-order valence-corrected chi connectivity index (χ4v) is 3.33. The number of thioether (sulfide) groups is 1. The molecule has 0 radical (unpaired) electrons. The largest absolute Gasteiger partial charge is 0.381 e. The van der Waals surface area contributed by atoms with Crippen LogP contribution in [0.2, 0.25) is 0 Å². The lowest BCUT2D eigenvalue weighted by molar-refractivity contribution is 0.0408. The molecule has 3 rings (SSSR count). The van der Waals surface area contributed by atoms with Crippen LogP contribution in [0.15, 0.2) is 4.52 Å². The Morgan fingerprint density at radius 1 is 1.32 bits per heavy atom. The number of nitrogens with two attached hydrogens (primary N) is 1. The average Bonchev–Trinajstić information content (AvgIpc) is 2.99. The highest BCUT2D eigenvalue weighted by Crippen LogP contribution is 2.34. The zero-order valence-corrected chi connectivity index (χ0v) is 11.7. The second-order valence-electron chi connectivity index (χ2n) is 4.99. The van der Waals surface area contributed by atoms with E-state index in [1.165, 1.54) is 0 Å². The van der Waals surface area contributed by atoms with E-state index in [2.05, 4.69) is 10.1 Å². The predicted molar refractivity (Wildman–Crippen MR) is 71.1 cm³/mol. The van der Waals surface area contributed by atoms with E-state index in [-0.39, 0.29) is 11.5 Å². The summed E-state index contributed by atoms with van der Waals surface area (Å²) in [6, 6.07) is 0. The average molecular weight is 285 g/mol. The molecule has 2 saturated heterocycles. The molecular weight excluding hydrogens is 266 g/mol. The third kappa shape index (κ3) is 2.65. The Balaban J connectivity index is 1.79. The van der Waals surface area contributed by atoms with Crippen molar-refractivity contribution in [1.82, 2.24) is 10.1 Å². The lowest BCUT2D eigenvalue weighted by Crippen LogP contribution is -2.41. The fourth-order valence-electron chi connectivity index (χ4n) is 2.49. The Kier molecular flexibility index (Phi) is 4.07. The van der Waals surface area contributed by atoms with Gasteiger partial charge in [0.2, 0.25) is 11.7 Å². The molecule has 2 aliphatic rings. The van der Waals surface area contributed by atoms with Crippen LogP contribution in [0.3, 0.4) is 0 Å². The van der Waals surface area contributed by atoms with Crippen LogP contribution < -0.4 is 5.73 Å². The predicted octanol–water partition coefficient (Wildman–Crippen LogP) is 0.881. The number of hydrogen-bond acceptors (Lipinski definition) is 7. The topological polar surface area (TPSA) is 83.4 Å². The number of ether oxygens (including phenoxy) is 2. The van der Waals surface area contributed by atoms with Gasteiger partial charge >= 0.3 is 0 Å². The lowest BCUT2D eigenvalue weighted by Gasteiger charge is -2.32. The molecule has 0 saturated carbocycles. The summed E-state index contributed by atoms with van der Waals surface area (Å²) in [6.45, 7) is 2.66. The Bertz CT molecular complexity index is 414. The van der Waals surface area contributed by atoms with Crippen LogP contribution in [0.5, 0.6) is 0 Å². The maximum atomic E-state index is 5.94. The summed E-state index contributed by atoms with van der Waals surface area (Å²) in [5.74, 6) is 3.22. The first-order valence-corrected chi connectivity index (χ1v) is 7.81. The van der Waals surface area contributed by atoms with Crippen LogP contribution in [-0.2, 0) is 14.9 Å². The number of nitrogens with zero attached hydrogens (tertiary/aromatic N) is 2. The van der Waals surface area contributed by atoms with E-state index in [1.54, 1.807) is 0 Å². The van der Waals surface area contributed by atoms with E-state index in [0.717, 1.165) is 31.0 Å². The minimum absolute atomic E-state index is 0.0501. The van der Waals surface area contributed by atoms with Gasteiger partial charge < -0.3 is 19.7 Å². The molecule has 1 aromatic rings. The standard InChI is InChI=1S/C12H19N3O3S/c13-8-12(1-3-16-4-2-12)11-14-10(15-18-11)9-7-19-6-5-17-9/h9H,1-8,13H2. The minimum Gasteiger partial charge on any atom is -0.381 e. The highest BCUT2D eigenvalue weighted by atomic mass is 32.2. The highest BCUT2D eigenvalue weighted by Gasteiger charge is 2.39. The first kappa shape index (κ1) is 13.4.